The van der Waals surface area contributed by atoms with E-state index in [2.05, 4.69) is 0 Å². The van der Waals surface area contributed by atoms with E-state index in [9.17, 15) is 18.0 Å². The number of likely N-dealkylation sites (N-methyl/N-ethyl adjacent to an activating group) is 1. The van der Waals surface area contributed by atoms with Gasteiger partial charge in [-0.3, -0.25) is 4.79 Å². The Balaban J connectivity index is 1.64. The predicted molar refractivity (Wildman–Crippen MR) is 110 cm³/mol. The first-order valence-electron chi connectivity index (χ1n) is 10.1. The van der Waals surface area contributed by atoms with Crippen LogP contribution < -0.4 is 0 Å². The number of carbonyl (C=O) groups excluding carboxylic acids is 2. The number of rotatable bonds is 5. The Morgan fingerprint density at radius 1 is 1.25 bits per heavy atom. The fraction of sp³-hybridized carbons (Fsp3) is 0.700. The van der Waals surface area contributed by atoms with Crippen molar-refractivity contribution in [2.75, 3.05) is 18.1 Å². The third-order valence-corrected chi connectivity index (χ3v) is 8.57. The van der Waals surface area contributed by atoms with Crippen LogP contribution in [-0.4, -0.2) is 55.4 Å². The van der Waals surface area contributed by atoms with Gasteiger partial charge in [0.15, 0.2) is 15.9 Å². The monoisotopic (exact) mass is 427 g/mol. The molecule has 0 N–H and O–H groups in total. The molecule has 1 aliphatic carbocycles. The SMILES string of the molecule is CCN(C(=O)C(C)OC(=O)c1cc2c(s1)CCCCCC2)C1CCS(=O)(=O)C1. The molecule has 0 bridgehead atoms. The minimum atomic E-state index is -3.08. The molecule has 3 rings (SSSR count). The van der Waals surface area contributed by atoms with Gasteiger partial charge in [0.2, 0.25) is 0 Å². The first-order valence-corrected chi connectivity index (χ1v) is 12.8. The minimum absolute atomic E-state index is 0.00904. The Morgan fingerprint density at radius 2 is 1.96 bits per heavy atom. The molecule has 8 heteroatoms. The van der Waals surface area contributed by atoms with Gasteiger partial charge < -0.3 is 9.64 Å². The summed E-state index contributed by atoms with van der Waals surface area (Å²) in [4.78, 5) is 28.7. The second-order valence-electron chi connectivity index (χ2n) is 7.70. The Labute approximate surface area is 171 Å². The zero-order chi connectivity index (χ0) is 20.3. The van der Waals surface area contributed by atoms with Gasteiger partial charge in [-0.25, -0.2) is 13.2 Å². The predicted octanol–water partition coefficient (Wildman–Crippen LogP) is 2.99. The fourth-order valence-corrected chi connectivity index (χ4v) is 6.93. The van der Waals surface area contributed by atoms with Crippen LogP contribution in [0.3, 0.4) is 0 Å². The zero-order valence-electron chi connectivity index (χ0n) is 16.6. The number of sulfone groups is 1. The molecule has 156 valence electrons. The number of nitrogens with zero attached hydrogens (tertiary/aromatic N) is 1. The summed E-state index contributed by atoms with van der Waals surface area (Å²) in [6.45, 7) is 3.78. The van der Waals surface area contributed by atoms with Crippen molar-refractivity contribution < 1.29 is 22.7 Å². The molecule has 1 aliphatic heterocycles. The maximum Gasteiger partial charge on any atom is 0.349 e. The molecule has 2 heterocycles. The van der Waals surface area contributed by atoms with Crippen LogP contribution in [0.1, 0.15) is 66.1 Å². The smallest absolute Gasteiger partial charge is 0.349 e. The number of hydrogen-bond donors (Lipinski definition) is 0. The fourth-order valence-electron chi connectivity index (χ4n) is 4.06. The van der Waals surface area contributed by atoms with Crippen molar-refractivity contribution in [2.24, 2.45) is 0 Å². The summed E-state index contributed by atoms with van der Waals surface area (Å²) in [5, 5.41) is 0. The van der Waals surface area contributed by atoms with E-state index in [4.69, 9.17) is 4.74 Å². The molecule has 1 aromatic heterocycles. The number of thiophene rings is 1. The van der Waals surface area contributed by atoms with Gasteiger partial charge in [0.25, 0.3) is 5.91 Å². The quantitative estimate of drug-likeness (QED) is 0.675. The number of esters is 1. The second-order valence-corrected chi connectivity index (χ2v) is 11.1. The van der Waals surface area contributed by atoms with Crippen molar-refractivity contribution in [1.29, 1.82) is 0 Å². The van der Waals surface area contributed by atoms with Crippen LogP contribution in [-0.2, 0) is 32.2 Å². The van der Waals surface area contributed by atoms with Crippen LogP contribution >= 0.6 is 11.3 Å². The highest BCUT2D eigenvalue weighted by Gasteiger charge is 2.36. The van der Waals surface area contributed by atoms with Gasteiger partial charge in [-0.05, 0) is 57.6 Å². The second kappa shape index (κ2) is 8.95. The van der Waals surface area contributed by atoms with Gasteiger partial charge in [-0.1, -0.05) is 12.8 Å². The van der Waals surface area contributed by atoms with Crippen LogP contribution in [0.15, 0.2) is 6.07 Å². The average Bonchev–Trinajstić information content (AvgIpc) is 3.18. The Bertz CT molecular complexity index is 804. The molecule has 1 amide bonds. The van der Waals surface area contributed by atoms with Gasteiger partial charge in [-0.15, -0.1) is 11.3 Å². The third-order valence-electron chi connectivity index (χ3n) is 5.60. The Morgan fingerprint density at radius 3 is 2.61 bits per heavy atom. The Hall–Kier alpha value is -1.41. The lowest BCUT2D eigenvalue weighted by atomic mass is 10.00. The summed E-state index contributed by atoms with van der Waals surface area (Å²) < 4.78 is 28.9. The lowest BCUT2D eigenvalue weighted by Gasteiger charge is -2.29. The van der Waals surface area contributed by atoms with E-state index in [1.54, 1.807) is 6.92 Å². The number of fused-ring (bicyclic) bond motifs is 1. The minimum Gasteiger partial charge on any atom is -0.448 e. The van der Waals surface area contributed by atoms with E-state index >= 15 is 0 Å². The lowest BCUT2D eigenvalue weighted by molar-refractivity contribution is -0.141. The molecule has 1 fully saturated rings. The van der Waals surface area contributed by atoms with E-state index in [0.717, 1.165) is 25.7 Å². The van der Waals surface area contributed by atoms with Crippen molar-refractivity contribution in [1.82, 2.24) is 4.90 Å². The summed E-state index contributed by atoms with van der Waals surface area (Å²) in [6, 6.07) is 1.59. The van der Waals surface area contributed by atoms with E-state index in [-0.39, 0.29) is 23.5 Å². The standard InChI is InChI=1S/C20H29NO5S2/c1-3-21(16-10-11-28(24,25)13-16)19(22)14(2)26-20(23)18-12-15-8-6-4-5-7-9-17(15)27-18/h12,14,16H,3-11,13H2,1-2H3. The van der Waals surface area contributed by atoms with Crippen LogP contribution in [0.5, 0.6) is 0 Å². The van der Waals surface area contributed by atoms with Gasteiger partial charge in [0.05, 0.1) is 11.5 Å². The Kier molecular flexibility index (Phi) is 6.81. The molecule has 2 unspecified atom stereocenters. The average molecular weight is 428 g/mol. The van der Waals surface area contributed by atoms with Crippen LogP contribution in [0.4, 0.5) is 0 Å². The number of aryl methyl sites for hydroxylation is 2. The maximum absolute atomic E-state index is 12.8. The van der Waals surface area contributed by atoms with Crippen molar-refractivity contribution >= 4 is 33.1 Å². The van der Waals surface area contributed by atoms with Gasteiger partial charge >= 0.3 is 5.97 Å². The summed E-state index contributed by atoms with van der Waals surface area (Å²) in [5.74, 6) is -0.693. The maximum atomic E-state index is 12.8. The highest BCUT2D eigenvalue weighted by Crippen LogP contribution is 2.29. The molecular weight excluding hydrogens is 398 g/mol. The topological polar surface area (TPSA) is 80.8 Å². The molecule has 0 saturated carbocycles. The summed E-state index contributed by atoms with van der Waals surface area (Å²) in [7, 11) is -3.08. The van der Waals surface area contributed by atoms with Gasteiger partial charge in [-0.2, -0.15) is 0 Å². The molecule has 2 aliphatic rings. The molecule has 2 atom stereocenters. The van der Waals surface area contributed by atoms with Crippen LogP contribution in [0.25, 0.3) is 0 Å². The molecule has 1 aromatic rings. The molecule has 0 radical (unpaired) electrons. The van der Waals surface area contributed by atoms with Crippen molar-refractivity contribution in [3.05, 3.63) is 21.4 Å². The molecule has 0 spiro atoms. The van der Waals surface area contributed by atoms with E-state index < -0.39 is 21.9 Å². The summed E-state index contributed by atoms with van der Waals surface area (Å²) in [5.41, 5.74) is 1.24. The normalized spacial score (nSPS) is 22.6. The highest BCUT2D eigenvalue weighted by atomic mass is 32.2. The van der Waals surface area contributed by atoms with Gasteiger partial charge in [0.1, 0.15) is 4.88 Å². The first kappa shape index (κ1) is 21.3. The van der Waals surface area contributed by atoms with Crippen molar-refractivity contribution in [2.45, 2.75) is 70.9 Å². The molecular formula is C20H29NO5S2. The number of ether oxygens (including phenoxy) is 1. The largest absolute Gasteiger partial charge is 0.448 e. The molecule has 28 heavy (non-hydrogen) atoms. The number of hydrogen-bond acceptors (Lipinski definition) is 6. The highest BCUT2D eigenvalue weighted by molar-refractivity contribution is 7.91. The third kappa shape index (κ3) is 4.95. The molecule has 1 saturated heterocycles. The van der Waals surface area contributed by atoms with Crippen LogP contribution in [0.2, 0.25) is 0 Å². The molecule has 6 nitrogen and oxygen atoms in total. The summed E-state index contributed by atoms with van der Waals surface area (Å²) >= 11 is 1.48. The van der Waals surface area contributed by atoms with Crippen molar-refractivity contribution in [3.8, 4) is 0 Å². The van der Waals surface area contributed by atoms with Crippen molar-refractivity contribution in [3.63, 3.8) is 0 Å². The van der Waals surface area contributed by atoms with E-state index in [1.165, 1.54) is 39.5 Å². The number of amides is 1. The summed E-state index contributed by atoms with van der Waals surface area (Å²) in [6.07, 6.45) is 6.25. The number of carbonyl (C=O) groups is 2. The molecule has 0 aromatic carbocycles. The van der Waals surface area contributed by atoms with Gasteiger partial charge in [0, 0.05) is 17.5 Å². The van der Waals surface area contributed by atoms with E-state index in [1.807, 2.05) is 13.0 Å². The lowest BCUT2D eigenvalue weighted by Crippen LogP contribution is -2.46. The zero-order valence-corrected chi connectivity index (χ0v) is 18.2. The first-order chi connectivity index (χ1) is 13.3. The van der Waals surface area contributed by atoms with Crippen LogP contribution in [0, 0.1) is 0 Å². The van der Waals surface area contributed by atoms with E-state index in [0.29, 0.717) is 17.8 Å².